The molecular formula is C17H32N2S. The van der Waals surface area contributed by atoms with E-state index in [4.69, 9.17) is 4.99 Å². The zero-order valence-corrected chi connectivity index (χ0v) is 14.4. The molecule has 1 saturated carbocycles. The van der Waals surface area contributed by atoms with Gasteiger partial charge in [-0.2, -0.15) is 0 Å². The maximum absolute atomic E-state index is 4.79. The lowest BCUT2D eigenvalue weighted by atomic mass is 9.81. The summed E-state index contributed by atoms with van der Waals surface area (Å²) in [6.07, 6.45) is 9.62. The van der Waals surface area contributed by atoms with Gasteiger partial charge in [0.1, 0.15) is 0 Å². The van der Waals surface area contributed by atoms with E-state index < -0.39 is 0 Å². The third-order valence-electron chi connectivity index (χ3n) is 5.45. The van der Waals surface area contributed by atoms with Gasteiger partial charge < -0.3 is 5.32 Å². The molecule has 3 heteroatoms. The van der Waals surface area contributed by atoms with Crippen molar-refractivity contribution in [1.82, 2.24) is 5.32 Å². The van der Waals surface area contributed by atoms with E-state index in [2.05, 4.69) is 26.1 Å². The van der Waals surface area contributed by atoms with Crippen molar-refractivity contribution in [3.63, 3.8) is 0 Å². The summed E-state index contributed by atoms with van der Waals surface area (Å²) in [5.41, 5.74) is 0.467. The van der Waals surface area contributed by atoms with Crippen LogP contribution in [0.3, 0.4) is 0 Å². The molecule has 0 spiro atoms. The maximum atomic E-state index is 4.79. The molecule has 0 aromatic rings. The van der Waals surface area contributed by atoms with Crippen molar-refractivity contribution in [3.05, 3.63) is 0 Å². The van der Waals surface area contributed by atoms with Crippen LogP contribution in [0, 0.1) is 17.3 Å². The number of amidine groups is 1. The smallest absolute Gasteiger partial charge is 0.156 e. The monoisotopic (exact) mass is 296 g/mol. The van der Waals surface area contributed by atoms with Gasteiger partial charge in [0.05, 0.1) is 0 Å². The molecule has 0 aromatic heterocycles. The molecule has 2 unspecified atom stereocenters. The van der Waals surface area contributed by atoms with Crippen molar-refractivity contribution in [3.8, 4) is 0 Å². The second-order valence-electron chi connectivity index (χ2n) is 6.97. The van der Waals surface area contributed by atoms with Gasteiger partial charge in [-0.05, 0) is 42.9 Å². The molecule has 1 fully saturated rings. The topological polar surface area (TPSA) is 24.4 Å². The summed E-state index contributed by atoms with van der Waals surface area (Å²) in [6.45, 7) is 9.17. The van der Waals surface area contributed by atoms with Crippen LogP contribution < -0.4 is 5.32 Å². The largest absolute Gasteiger partial charge is 0.365 e. The molecule has 20 heavy (non-hydrogen) atoms. The van der Waals surface area contributed by atoms with Gasteiger partial charge in [-0.1, -0.05) is 51.8 Å². The van der Waals surface area contributed by atoms with Crippen molar-refractivity contribution in [2.45, 2.75) is 65.7 Å². The van der Waals surface area contributed by atoms with E-state index in [1.165, 1.54) is 55.9 Å². The lowest BCUT2D eigenvalue weighted by molar-refractivity contribution is 0.270. The van der Waals surface area contributed by atoms with Crippen molar-refractivity contribution in [2.75, 3.05) is 18.8 Å². The Labute approximate surface area is 129 Å². The highest BCUT2D eigenvalue weighted by Gasteiger charge is 2.30. The predicted octanol–water partition coefficient (Wildman–Crippen LogP) is 4.70. The van der Waals surface area contributed by atoms with E-state index >= 15 is 0 Å². The number of nitrogens with one attached hydrogen (secondary N) is 1. The number of thioether (sulfide) groups is 1. The Bertz CT molecular complexity index is 323. The molecule has 0 saturated heterocycles. The number of rotatable bonds is 5. The summed E-state index contributed by atoms with van der Waals surface area (Å²) >= 11 is 1.95. The lowest BCUT2D eigenvalue weighted by Crippen LogP contribution is -2.35. The quantitative estimate of drug-likeness (QED) is 0.795. The van der Waals surface area contributed by atoms with Gasteiger partial charge in [0.15, 0.2) is 5.17 Å². The normalized spacial score (nSPS) is 29.9. The van der Waals surface area contributed by atoms with Crippen LogP contribution in [-0.4, -0.2) is 24.0 Å². The van der Waals surface area contributed by atoms with Crippen LogP contribution in [0.1, 0.15) is 65.7 Å². The Morgan fingerprint density at radius 3 is 2.70 bits per heavy atom. The molecule has 0 radical (unpaired) electrons. The SMILES string of the molecule is CCC1(CC)CN=C(NCCC2CCCC(C)C2)SC1. The molecule has 1 heterocycles. The maximum Gasteiger partial charge on any atom is 0.156 e. The van der Waals surface area contributed by atoms with Crippen LogP contribution in [0.15, 0.2) is 4.99 Å². The van der Waals surface area contributed by atoms with Crippen LogP contribution in [-0.2, 0) is 0 Å². The van der Waals surface area contributed by atoms with Crippen molar-refractivity contribution >= 4 is 16.9 Å². The van der Waals surface area contributed by atoms with E-state index in [1.807, 2.05) is 11.8 Å². The van der Waals surface area contributed by atoms with Crippen LogP contribution in [0.25, 0.3) is 0 Å². The highest BCUT2D eigenvalue weighted by Crippen LogP contribution is 2.35. The Hall–Kier alpha value is -0.180. The van der Waals surface area contributed by atoms with Gasteiger partial charge in [0.25, 0.3) is 0 Å². The minimum absolute atomic E-state index is 0.467. The van der Waals surface area contributed by atoms with Gasteiger partial charge >= 0.3 is 0 Å². The predicted molar refractivity (Wildman–Crippen MR) is 91.5 cm³/mol. The summed E-state index contributed by atoms with van der Waals surface area (Å²) < 4.78 is 0. The molecule has 2 rings (SSSR count). The molecule has 2 nitrogen and oxygen atoms in total. The minimum Gasteiger partial charge on any atom is -0.365 e. The molecule has 1 aliphatic carbocycles. The molecule has 2 atom stereocenters. The minimum atomic E-state index is 0.467. The first kappa shape index (κ1) is 16.2. The molecule has 1 N–H and O–H groups in total. The molecule has 116 valence electrons. The first-order valence-corrected chi connectivity index (χ1v) is 9.57. The zero-order chi connectivity index (χ0) is 14.4. The van der Waals surface area contributed by atoms with Gasteiger partial charge in [-0.25, -0.2) is 0 Å². The molecular weight excluding hydrogens is 264 g/mol. The van der Waals surface area contributed by atoms with Crippen molar-refractivity contribution < 1.29 is 0 Å². The van der Waals surface area contributed by atoms with Crippen LogP contribution in [0.5, 0.6) is 0 Å². The van der Waals surface area contributed by atoms with E-state index in [0.717, 1.165) is 24.9 Å². The highest BCUT2D eigenvalue weighted by atomic mass is 32.2. The second-order valence-corrected chi connectivity index (χ2v) is 7.93. The van der Waals surface area contributed by atoms with Gasteiger partial charge in [0, 0.05) is 18.8 Å². The number of aliphatic imine (C=N–C) groups is 1. The summed E-state index contributed by atoms with van der Waals surface area (Å²) in [5.74, 6) is 3.14. The molecule has 1 aliphatic heterocycles. The average Bonchev–Trinajstić information content (AvgIpc) is 2.48. The average molecular weight is 297 g/mol. The zero-order valence-electron chi connectivity index (χ0n) is 13.6. The van der Waals surface area contributed by atoms with E-state index in [1.54, 1.807) is 0 Å². The van der Waals surface area contributed by atoms with Crippen LogP contribution in [0.2, 0.25) is 0 Å². The van der Waals surface area contributed by atoms with E-state index in [9.17, 15) is 0 Å². The molecule has 2 aliphatic rings. The third kappa shape index (κ3) is 4.41. The highest BCUT2D eigenvalue weighted by molar-refractivity contribution is 8.13. The Morgan fingerprint density at radius 2 is 2.10 bits per heavy atom. The number of nitrogens with zero attached hydrogens (tertiary/aromatic N) is 1. The fourth-order valence-electron chi connectivity index (χ4n) is 3.54. The first-order chi connectivity index (χ1) is 9.67. The van der Waals surface area contributed by atoms with Crippen molar-refractivity contribution in [1.29, 1.82) is 0 Å². The first-order valence-electron chi connectivity index (χ1n) is 8.58. The Morgan fingerprint density at radius 1 is 1.30 bits per heavy atom. The summed E-state index contributed by atoms with van der Waals surface area (Å²) in [5, 5.41) is 4.78. The van der Waals surface area contributed by atoms with Gasteiger partial charge in [-0.15, -0.1) is 0 Å². The lowest BCUT2D eigenvalue weighted by Gasteiger charge is -2.33. The summed E-state index contributed by atoms with van der Waals surface area (Å²) in [4.78, 5) is 4.79. The van der Waals surface area contributed by atoms with Gasteiger partial charge in [0.2, 0.25) is 0 Å². The summed E-state index contributed by atoms with van der Waals surface area (Å²) in [6, 6.07) is 0. The second kappa shape index (κ2) is 7.72. The van der Waals surface area contributed by atoms with Gasteiger partial charge in [-0.3, -0.25) is 4.99 Å². The summed E-state index contributed by atoms with van der Waals surface area (Å²) in [7, 11) is 0. The van der Waals surface area contributed by atoms with Crippen LogP contribution >= 0.6 is 11.8 Å². The number of hydrogen-bond acceptors (Lipinski definition) is 3. The Kier molecular flexibility index (Phi) is 6.25. The van der Waals surface area contributed by atoms with E-state index in [0.29, 0.717) is 5.41 Å². The van der Waals surface area contributed by atoms with E-state index in [-0.39, 0.29) is 0 Å². The Balaban J connectivity index is 1.69. The molecule has 0 aromatic carbocycles. The fraction of sp³-hybridized carbons (Fsp3) is 0.941. The molecule has 0 amide bonds. The third-order valence-corrected chi connectivity index (χ3v) is 6.75. The standard InChI is InChI=1S/C17H32N2S/c1-4-17(5-2)12-19-16(20-13-17)18-10-9-15-8-6-7-14(3)11-15/h14-15H,4-13H2,1-3H3,(H,18,19). The number of hydrogen-bond donors (Lipinski definition) is 1. The molecule has 0 bridgehead atoms. The van der Waals surface area contributed by atoms with Crippen LogP contribution in [0.4, 0.5) is 0 Å². The van der Waals surface area contributed by atoms with Crippen molar-refractivity contribution in [2.24, 2.45) is 22.2 Å². The fourth-order valence-corrected chi connectivity index (χ4v) is 4.84.